The van der Waals surface area contributed by atoms with Gasteiger partial charge in [-0.05, 0) is 25.6 Å². The minimum atomic E-state index is 0. The van der Waals surface area contributed by atoms with Gasteiger partial charge in [-0.15, -0.1) is 0 Å². The van der Waals surface area contributed by atoms with E-state index in [0.29, 0.717) is 0 Å². The van der Waals surface area contributed by atoms with E-state index < -0.39 is 0 Å². The molecule has 1 aliphatic rings. The van der Waals surface area contributed by atoms with Crippen molar-refractivity contribution in [1.29, 1.82) is 0 Å². The molecule has 0 amide bonds. The molecule has 0 saturated carbocycles. The van der Waals surface area contributed by atoms with Crippen LogP contribution in [-0.2, 0) is 0 Å². The third kappa shape index (κ3) is 4.25. The van der Waals surface area contributed by atoms with Crippen molar-refractivity contribution in [3.8, 4) is 0 Å². The summed E-state index contributed by atoms with van der Waals surface area (Å²) in [6.45, 7) is 6.74. The van der Waals surface area contributed by atoms with Gasteiger partial charge in [0.25, 0.3) is 0 Å². The Bertz CT molecular complexity index is 173. The van der Waals surface area contributed by atoms with Crippen LogP contribution in [0.2, 0.25) is 0 Å². The molecule has 1 aliphatic heterocycles. The molecule has 0 saturated heterocycles. The summed E-state index contributed by atoms with van der Waals surface area (Å²) in [4.78, 5) is 2.37. The topological polar surface area (TPSA) is 3.24 Å². The predicted molar refractivity (Wildman–Crippen MR) is 55.1 cm³/mol. The first-order chi connectivity index (χ1) is 5.33. The molecule has 67 valence electrons. The summed E-state index contributed by atoms with van der Waals surface area (Å²) in [5, 5.41) is 0. The second-order valence-electron chi connectivity index (χ2n) is 3.18. The van der Waals surface area contributed by atoms with Gasteiger partial charge < -0.3 is 4.90 Å². The molecular weight excluding hydrogens is 343 g/mol. The maximum absolute atomic E-state index is 2.37. The van der Waals surface area contributed by atoms with Gasteiger partial charge >= 0.3 is 0 Å². The second kappa shape index (κ2) is 6.65. The van der Waals surface area contributed by atoms with Crippen LogP contribution in [-0.4, -0.2) is 44.2 Å². The van der Waals surface area contributed by atoms with Crippen molar-refractivity contribution in [1.82, 2.24) is 4.90 Å². The zero-order valence-electron chi connectivity index (χ0n) is 7.95. The first kappa shape index (κ1) is 12.2. The Morgan fingerprint density at radius 3 is 2.83 bits per heavy atom. The van der Waals surface area contributed by atoms with Crippen LogP contribution in [0.3, 0.4) is 0 Å². The Balaban J connectivity index is 0.00000121. The molecule has 0 atom stereocenters. The molecule has 0 fully saturated rings. The van der Waals surface area contributed by atoms with E-state index in [2.05, 4.69) is 37.1 Å². The SMILES string of the molecule is CCCCN1C=CC=C(C)C1.[Bi]. The zero-order chi connectivity index (χ0) is 8.10. The maximum atomic E-state index is 2.37. The largest absolute Gasteiger partial charge is 0.373 e. The molecule has 1 heterocycles. The molecule has 0 aromatic carbocycles. The molecule has 12 heavy (non-hydrogen) atoms. The van der Waals surface area contributed by atoms with Crippen molar-refractivity contribution >= 4 is 26.2 Å². The molecular formula is C10H17BiN. The van der Waals surface area contributed by atoms with Crippen molar-refractivity contribution in [2.75, 3.05) is 13.1 Å². The van der Waals surface area contributed by atoms with Crippen molar-refractivity contribution < 1.29 is 0 Å². The minimum absolute atomic E-state index is 0. The van der Waals surface area contributed by atoms with Crippen LogP contribution in [0, 0.1) is 0 Å². The fourth-order valence-corrected chi connectivity index (χ4v) is 1.27. The molecule has 1 nitrogen and oxygen atoms in total. The Labute approximate surface area is 94.6 Å². The van der Waals surface area contributed by atoms with Gasteiger partial charge in [-0.1, -0.05) is 25.0 Å². The van der Waals surface area contributed by atoms with E-state index in [9.17, 15) is 0 Å². The molecule has 0 bridgehead atoms. The number of hydrogen-bond donors (Lipinski definition) is 0. The summed E-state index contributed by atoms with van der Waals surface area (Å²) in [5.41, 5.74) is 1.46. The van der Waals surface area contributed by atoms with Crippen LogP contribution < -0.4 is 0 Å². The van der Waals surface area contributed by atoms with E-state index >= 15 is 0 Å². The normalized spacial score (nSPS) is 15.5. The van der Waals surface area contributed by atoms with E-state index in [4.69, 9.17) is 0 Å². The van der Waals surface area contributed by atoms with E-state index in [1.807, 2.05) is 0 Å². The van der Waals surface area contributed by atoms with Crippen LogP contribution in [0.25, 0.3) is 0 Å². The van der Waals surface area contributed by atoms with Crippen LogP contribution in [0.1, 0.15) is 26.7 Å². The average molecular weight is 360 g/mol. The van der Waals surface area contributed by atoms with Crippen LogP contribution in [0.5, 0.6) is 0 Å². The molecule has 0 spiro atoms. The van der Waals surface area contributed by atoms with Gasteiger partial charge in [0.05, 0.1) is 0 Å². The van der Waals surface area contributed by atoms with Gasteiger partial charge in [0, 0.05) is 39.3 Å². The summed E-state index contributed by atoms with van der Waals surface area (Å²) in [5.74, 6) is 0. The van der Waals surface area contributed by atoms with Gasteiger partial charge in [-0.25, -0.2) is 0 Å². The van der Waals surface area contributed by atoms with E-state index in [1.54, 1.807) is 0 Å². The zero-order valence-corrected chi connectivity index (χ0v) is 11.4. The third-order valence-corrected chi connectivity index (χ3v) is 1.93. The van der Waals surface area contributed by atoms with Crippen molar-refractivity contribution in [3.05, 3.63) is 23.9 Å². The molecule has 0 N–H and O–H groups in total. The smallest absolute Gasteiger partial charge is 0.0383 e. The van der Waals surface area contributed by atoms with E-state index in [0.717, 1.165) is 6.54 Å². The van der Waals surface area contributed by atoms with E-state index in [-0.39, 0.29) is 26.2 Å². The van der Waals surface area contributed by atoms with E-state index in [1.165, 1.54) is 25.0 Å². The van der Waals surface area contributed by atoms with Gasteiger partial charge in [0.1, 0.15) is 0 Å². The number of hydrogen-bond acceptors (Lipinski definition) is 1. The summed E-state index contributed by atoms with van der Waals surface area (Å²) < 4.78 is 0. The average Bonchev–Trinajstić information content (AvgIpc) is 2.01. The van der Waals surface area contributed by atoms with Crippen LogP contribution >= 0.6 is 0 Å². The maximum Gasteiger partial charge on any atom is 0.0383 e. The molecule has 3 radical (unpaired) electrons. The Morgan fingerprint density at radius 2 is 2.25 bits per heavy atom. The Kier molecular flexibility index (Phi) is 6.75. The molecule has 1 rings (SSSR count). The summed E-state index contributed by atoms with van der Waals surface area (Å²) in [7, 11) is 0. The third-order valence-electron chi connectivity index (χ3n) is 1.93. The minimum Gasteiger partial charge on any atom is -0.373 e. The molecule has 2 heteroatoms. The number of rotatable bonds is 3. The van der Waals surface area contributed by atoms with Crippen LogP contribution in [0.15, 0.2) is 23.9 Å². The Morgan fingerprint density at radius 1 is 1.50 bits per heavy atom. The second-order valence-corrected chi connectivity index (χ2v) is 3.18. The molecule has 0 aliphatic carbocycles. The standard InChI is InChI=1S/C10H17N.Bi/c1-3-4-7-11-8-5-6-10(2)9-11;/h5-6,8H,3-4,7,9H2,1-2H3;. The molecule has 0 unspecified atom stereocenters. The van der Waals surface area contributed by atoms with Gasteiger partial charge in [0.15, 0.2) is 0 Å². The number of nitrogens with zero attached hydrogens (tertiary/aromatic N) is 1. The van der Waals surface area contributed by atoms with Crippen molar-refractivity contribution in [2.45, 2.75) is 26.7 Å². The van der Waals surface area contributed by atoms with Crippen molar-refractivity contribution in [3.63, 3.8) is 0 Å². The quantitative estimate of drug-likeness (QED) is 0.698. The number of unbranched alkanes of at least 4 members (excludes halogenated alkanes) is 1. The molecule has 0 aromatic rings. The Hall–Kier alpha value is 0.163. The summed E-state index contributed by atoms with van der Waals surface area (Å²) in [6.07, 6.45) is 9.09. The van der Waals surface area contributed by atoms with Crippen LogP contribution in [0.4, 0.5) is 0 Å². The first-order valence-corrected chi connectivity index (χ1v) is 4.41. The summed E-state index contributed by atoms with van der Waals surface area (Å²) in [6, 6.07) is 0. The number of allylic oxidation sites excluding steroid dienone is 2. The van der Waals surface area contributed by atoms with Crippen molar-refractivity contribution in [2.24, 2.45) is 0 Å². The van der Waals surface area contributed by atoms with Gasteiger partial charge in [-0.2, -0.15) is 0 Å². The monoisotopic (exact) mass is 360 g/mol. The summed E-state index contributed by atoms with van der Waals surface area (Å²) >= 11 is 0. The molecule has 0 aromatic heterocycles. The fraction of sp³-hybridized carbons (Fsp3) is 0.600. The van der Waals surface area contributed by atoms with Gasteiger partial charge in [-0.3, -0.25) is 0 Å². The fourth-order valence-electron chi connectivity index (χ4n) is 1.27. The predicted octanol–water partition coefficient (Wildman–Crippen LogP) is 2.18. The van der Waals surface area contributed by atoms with Gasteiger partial charge in [0.2, 0.25) is 0 Å². The first-order valence-electron chi connectivity index (χ1n) is 4.41.